The Morgan fingerprint density at radius 1 is 1.00 bits per heavy atom. The standard InChI is InChI=1S/C20H13F2NO3/c21-16-9-6-14(11-17(16)22)19(24)12-26-20(25)10-8-15-7-5-13-3-1-2-4-18(13)23-15/h1-11H,12H2/b10-8+. The molecule has 0 aliphatic carbocycles. The first-order valence-corrected chi connectivity index (χ1v) is 7.72. The summed E-state index contributed by atoms with van der Waals surface area (Å²) in [7, 11) is 0. The van der Waals surface area contributed by atoms with E-state index in [-0.39, 0.29) is 5.56 Å². The number of para-hydroxylation sites is 1. The van der Waals surface area contributed by atoms with Crippen molar-refractivity contribution in [3.05, 3.63) is 83.6 Å². The molecule has 0 saturated carbocycles. The summed E-state index contributed by atoms with van der Waals surface area (Å²) in [5.41, 5.74) is 1.28. The molecular formula is C20H13F2NO3. The first-order chi connectivity index (χ1) is 12.5. The molecule has 3 rings (SSSR count). The molecule has 1 aromatic heterocycles. The molecule has 0 aliphatic heterocycles. The molecule has 3 aromatic rings. The summed E-state index contributed by atoms with van der Waals surface area (Å²) >= 11 is 0. The Kier molecular flexibility index (Phi) is 5.12. The molecule has 6 heteroatoms. The van der Waals surface area contributed by atoms with Crippen LogP contribution in [0.25, 0.3) is 17.0 Å². The van der Waals surface area contributed by atoms with Crippen LogP contribution in [0.3, 0.4) is 0 Å². The lowest BCUT2D eigenvalue weighted by Gasteiger charge is -2.03. The SMILES string of the molecule is O=C(/C=C/c1ccc2ccccc2n1)OCC(=O)c1ccc(F)c(F)c1. The van der Waals surface area contributed by atoms with E-state index in [1.54, 1.807) is 6.07 Å². The van der Waals surface area contributed by atoms with Gasteiger partial charge in [-0.15, -0.1) is 0 Å². The van der Waals surface area contributed by atoms with Gasteiger partial charge in [-0.1, -0.05) is 24.3 Å². The quantitative estimate of drug-likeness (QED) is 0.396. The van der Waals surface area contributed by atoms with Crippen molar-refractivity contribution in [3.63, 3.8) is 0 Å². The number of halogens is 2. The number of Topliss-reactive ketones (excluding diaryl/α,β-unsaturated/α-hetero) is 1. The number of fused-ring (bicyclic) bond motifs is 1. The number of ether oxygens (including phenoxy) is 1. The lowest BCUT2D eigenvalue weighted by molar-refractivity contribution is -0.136. The summed E-state index contributed by atoms with van der Waals surface area (Å²) in [5.74, 6) is -3.56. The maximum Gasteiger partial charge on any atom is 0.331 e. The summed E-state index contributed by atoms with van der Waals surface area (Å²) in [6.07, 6.45) is 2.62. The molecule has 130 valence electrons. The largest absolute Gasteiger partial charge is 0.454 e. The number of ketones is 1. The van der Waals surface area contributed by atoms with Crippen LogP contribution in [0.2, 0.25) is 0 Å². The molecule has 0 N–H and O–H groups in total. The van der Waals surface area contributed by atoms with Gasteiger partial charge in [-0.2, -0.15) is 0 Å². The van der Waals surface area contributed by atoms with Gasteiger partial charge in [0, 0.05) is 17.0 Å². The second kappa shape index (κ2) is 7.65. The highest BCUT2D eigenvalue weighted by Gasteiger charge is 2.11. The number of nitrogens with zero attached hydrogens (tertiary/aromatic N) is 1. The van der Waals surface area contributed by atoms with Crippen LogP contribution in [0.5, 0.6) is 0 Å². The van der Waals surface area contributed by atoms with Crippen LogP contribution >= 0.6 is 0 Å². The lowest BCUT2D eigenvalue weighted by Crippen LogP contribution is -2.13. The number of carbonyl (C=O) groups excluding carboxylic acids is 2. The molecule has 0 saturated heterocycles. The summed E-state index contributed by atoms with van der Waals surface area (Å²) in [6.45, 7) is -0.570. The van der Waals surface area contributed by atoms with Gasteiger partial charge in [0.15, 0.2) is 24.0 Å². The van der Waals surface area contributed by atoms with Crippen LogP contribution in [-0.4, -0.2) is 23.3 Å². The Morgan fingerprint density at radius 3 is 2.62 bits per heavy atom. The van der Waals surface area contributed by atoms with Gasteiger partial charge < -0.3 is 4.74 Å². The number of esters is 1. The second-order valence-electron chi connectivity index (χ2n) is 5.42. The van der Waals surface area contributed by atoms with Crippen molar-refractivity contribution in [2.24, 2.45) is 0 Å². The highest BCUT2D eigenvalue weighted by molar-refractivity contribution is 5.98. The summed E-state index contributed by atoms with van der Waals surface area (Å²) in [5, 5.41) is 0.976. The molecule has 0 amide bonds. The lowest BCUT2D eigenvalue weighted by atomic mass is 10.1. The van der Waals surface area contributed by atoms with Gasteiger partial charge in [-0.3, -0.25) is 4.79 Å². The highest BCUT2D eigenvalue weighted by Crippen LogP contribution is 2.13. The third kappa shape index (κ3) is 4.16. The fourth-order valence-electron chi connectivity index (χ4n) is 2.27. The number of hydrogen-bond acceptors (Lipinski definition) is 4. The zero-order valence-corrected chi connectivity index (χ0v) is 13.5. The Hall–Kier alpha value is -3.41. The van der Waals surface area contributed by atoms with Crippen molar-refractivity contribution in [1.82, 2.24) is 4.98 Å². The van der Waals surface area contributed by atoms with Gasteiger partial charge in [0.05, 0.1) is 11.2 Å². The van der Waals surface area contributed by atoms with E-state index in [9.17, 15) is 18.4 Å². The smallest absolute Gasteiger partial charge is 0.331 e. The molecule has 0 radical (unpaired) electrons. The van der Waals surface area contributed by atoms with Crippen LogP contribution in [-0.2, 0) is 9.53 Å². The van der Waals surface area contributed by atoms with Crippen LogP contribution < -0.4 is 0 Å². The van der Waals surface area contributed by atoms with Crippen molar-refractivity contribution >= 4 is 28.7 Å². The zero-order valence-electron chi connectivity index (χ0n) is 13.5. The molecule has 4 nitrogen and oxygen atoms in total. The number of rotatable bonds is 5. The third-order valence-electron chi connectivity index (χ3n) is 3.60. The van der Waals surface area contributed by atoms with Gasteiger partial charge in [0.2, 0.25) is 0 Å². The van der Waals surface area contributed by atoms with E-state index < -0.39 is 30.0 Å². The van der Waals surface area contributed by atoms with E-state index in [4.69, 9.17) is 4.74 Å². The predicted octanol–water partition coefficient (Wildman–Crippen LogP) is 3.95. The number of pyridine rings is 1. The van der Waals surface area contributed by atoms with E-state index in [2.05, 4.69) is 4.98 Å². The minimum Gasteiger partial charge on any atom is -0.454 e. The Bertz CT molecular complexity index is 1010. The number of carbonyl (C=O) groups is 2. The fraction of sp³-hybridized carbons (Fsp3) is 0.0500. The van der Waals surface area contributed by atoms with E-state index in [1.165, 1.54) is 6.08 Å². The first-order valence-electron chi connectivity index (χ1n) is 7.72. The topological polar surface area (TPSA) is 56.3 Å². The van der Waals surface area contributed by atoms with Crippen molar-refractivity contribution in [2.75, 3.05) is 6.61 Å². The van der Waals surface area contributed by atoms with E-state index in [1.807, 2.05) is 30.3 Å². The van der Waals surface area contributed by atoms with Gasteiger partial charge in [-0.25, -0.2) is 18.6 Å². The van der Waals surface area contributed by atoms with E-state index in [0.29, 0.717) is 5.69 Å². The Morgan fingerprint density at radius 2 is 1.81 bits per heavy atom. The van der Waals surface area contributed by atoms with E-state index in [0.717, 1.165) is 35.2 Å². The molecule has 0 bridgehead atoms. The molecule has 0 fully saturated rings. The monoisotopic (exact) mass is 353 g/mol. The van der Waals surface area contributed by atoms with Crippen LogP contribution in [0, 0.1) is 11.6 Å². The van der Waals surface area contributed by atoms with Crippen LogP contribution in [0.4, 0.5) is 8.78 Å². The molecule has 2 aromatic carbocycles. The van der Waals surface area contributed by atoms with Gasteiger partial charge in [0.1, 0.15) is 0 Å². The van der Waals surface area contributed by atoms with Gasteiger partial charge in [0.25, 0.3) is 0 Å². The highest BCUT2D eigenvalue weighted by atomic mass is 19.2. The minimum atomic E-state index is -1.13. The third-order valence-corrected chi connectivity index (χ3v) is 3.60. The summed E-state index contributed by atoms with van der Waals surface area (Å²) in [4.78, 5) is 27.9. The summed E-state index contributed by atoms with van der Waals surface area (Å²) < 4.78 is 30.8. The molecule has 0 unspecified atom stereocenters. The number of aromatic nitrogens is 1. The molecule has 1 heterocycles. The zero-order chi connectivity index (χ0) is 18.5. The van der Waals surface area contributed by atoms with Crippen LogP contribution in [0.15, 0.2) is 60.7 Å². The molecular weight excluding hydrogens is 340 g/mol. The molecule has 26 heavy (non-hydrogen) atoms. The van der Waals surface area contributed by atoms with Crippen molar-refractivity contribution in [2.45, 2.75) is 0 Å². The van der Waals surface area contributed by atoms with E-state index >= 15 is 0 Å². The maximum absolute atomic E-state index is 13.1. The average molecular weight is 353 g/mol. The van der Waals surface area contributed by atoms with Gasteiger partial charge in [-0.05, 0) is 36.4 Å². The molecule has 0 atom stereocenters. The normalized spacial score (nSPS) is 11.0. The number of hydrogen-bond donors (Lipinski definition) is 0. The van der Waals surface area contributed by atoms with Gasteiger partial charge >= 0.3 is 5.97 Å². The van der Waals surface area contributed by atoms with Crippen LogP contribution in [0.1, 0.15) is 16.1 Å². The fourth-order valence-corrected chi connectivity index (χ4v) is 2.27. The Labute approximate surface area is 147 Å². The maximum atomic E-state index is 13.1. The summed E-state index contributed by atoms with van der Waals surface area (Å²) in [6, 6.07) is 13.9. The predicted molar refractivity (Wildman–Crippen MR) is 92.4 cm³/mol. The van der Waals surface area contributed by atoms with Crippen molar-refractivity contribution in [3.8, 4) is 0 Å². The Balaban J connectivity index is 1.59. The first kappa shape index (κ1) is 17.4. The molecule has 0 aliphatic rings. The average Bonchev–Trinajstić information content (AvgIpc) is 2.66. The second-order valence-corrected chi connectivity index (χ2v) is 5.42. The minimum absolute atomic E-state index is 0.0723. The number of benzene rings is 2. The van der Waals surface area contributed by atoms with Crippen molar-refractivity contribution < 1.29 is 23.1 Å². The molecule has 0 spiro atoms. The van der Waals surface area contributed by atoms with Crippen molar-refractivity contribution in [1.29, 1.82) is 0 Å².